The lowest BCUT2D eigenvalue weighted by Crippen LogP contribution is -1.94. The molecule has 0 N–H and O–H groups in total. The highest BCUT2D eigenvalue weighted by atomic mass is 14.9. The van der Waals surface area contributed by atoms with Crippen molar-refractivity contribution in [3.05, 3.63) is 96.8 Å². The van der Waals surface area contributed by atoms with Gasteiger partial charge in [0.2, 0.25) is 0 Å². The third kappa shape index (κ3) is 2.85. The molecule has 0 fully saturated rings. The van der Waals surface area contributed by atoms with Crippen LogP contribution in [0.25, 0.3) is 44.1 Å². The summed E-state index contributed by atoms with van der Waals surface area (Å²) in [4.78, 5) is 9.40. The Bertz CT molecular complexity index is 1270. The fourth-order valence-electron chi connectivity index (χ4n) is 3.61. The Morgan fingerprint density at radius 3 is 2.11 bits per heavy atom. The third-order valence-corrected chi connectivity index (χ3v) is 4.94. The summed E-state index contributed by atoms with van der Waals surface area (Å²) in [6.07, 6.45) is 0. The minimum atomic E-state index is 0.789. The van der Waals surface area contributed by atoms with Crippen LogP contribution < -0.4 is 0 Å². The molecular weight excluding hydrogens is 328 g/mol. The Balaban J connectivity index is 1.69. The predicted molar refractivity (Wildman–Crippen MR) is 113 cm³/mol. The number of rotatable bonds is 2. The smallest absolute Gasteiger partial charge is 0.126 e. The van der Waals surface area contributed by atoms with Crippen molar-refractivity contribution in [3.63, 3.8) is 0 Å². The molecule has 0 amide bonds. The first-order chi connectivity index (χ1) is 13.3. The monoisotopic (exact) mass is 346 g/mol. The van der Waals surface area contributed by atoms with E-state index in [1.54, 1.807) is 0 Å². The van der Waals surface area contributed by atoms with Crippen LogP contribution in [0.15, 0.2) is 91.0 Å². The summed E-state index contributed by atoms with van der Waals surface area (Å²) in [5, 5.41) is 3.59. The fraction of sp³-hybridized carbons (Fsp3) is 0.0400. The van der Waals surface area contributed by atoms with Crippen molar-refractivity contribution >= 4 is 21.7 Å². The van der Waals surface area contributed by atoms with Crippen molar-refractivity contribution in [2.45, 2.75) is 6.92 Å². The normalized spacial score (nSPS) is 11.1. The van der Waals surface area contributed by atoms with Crippen LogP contribution in [0, 0.1) is 6.92 Å². The second-order valence-corrected chi connectivity index (χ2v) is 6.78. The molecule has 0 aliphatic rings. The van der Waals surface area contributed by atoms with Crippen molar-refractivity contribution in [1.29, 1.82) is 0 Å². The summed E-state index contributed by atoms with van der Waals surface area (Å²) in [6, 6.07) is 31.8. The Hall–Kier alpha value is -3.52. The van der Waals surface area contributed by atoms with Crippen LogP contribution in [0.1, 0.15) is 5.82 Å². The Morgan fingerprint density at radius 1 is 0.556 bits per heavy atom. The average molecular weight is 346 g/mol. The van der Waals surface area contributed by atoms with Gasteiger partial charge in [-0.05, 0) is 47.0 Å². The molecule has 4 aromatic carbocycles. The molecule has 5 rings (SSSR count). The van der Waals surface area contributed by atoms with Crippen molar-refractivity contribution in [1.82, 2.24) is 9.97 Å². The van der Waals surface area contributed by atoms with Gasteiger partial charge in [0, 0.05) is 10.9 Å². The van der Waals surface area contributed by atoms with E-state index in [2.05, 4.69) is 72.8 Å². The van der Waals surface area contributed by atoms with Gasteiger partial charge in [-0.25, -0.2) is 9.97 Å². The molecule has 128 valence electrons. The van der Waals surface area contributed by atoms with Crippen LogP contribution >= 0.6 is 0 Å². The van der Waals surface area contributed by atoms with Crippen molar-refractivity contribution in [2.24, 2.45) is 0 Å². The van der Waals surface area contributed by atoms with Crippen LogP contribution in [-0.2, 0) is 0 Å². The highest BCUT2D eigenvalue weighted by Crippen LogP contribution is 2.31. The molecule has 5 aromatic rings. The number of benzene rings is 4. The molecule has 0 spiro atoms. The van der Waals surface area contributed by atoms with Crippen LogP contribution in [-0.4, -0.2) is 9.97 Å². The molecule has 0 radical (unpaired) electrons. The summed E-state index contributed by atoms with van der Waals surface area (Å²) in [5.74, 6) is 0.789. The lowest BCUT2D eigenvalue weighted by atomic mass is 9.99. The molecule has 0 saturated carbocycles. The molecule has 27 heavy (non-hydrogen) atoms. The standard InChI is InChI=1S/C25H18N2/c1-17-26-24-16-22(21-12-11-18-7-5-6-10-20(18)15-21)13-14-23(24)25(27-17)19-8-3-2-4-9-19/h2-16H,1H3. The average Bonchev–Trinajstić information content (AvgIpc) is 2.73. The SMILES string of the molecule is Cc1nc(-c2ccccc2)c2ccc(-c3ccc4ccccc4c3)cc2n1. The summed E-state index contributed by atoms with van der Waals surface area (Å²) < 4.78 is 0. The molecule has 0 unspecified atom stereocenters. The first-order valence-electron chi connectivity index (χ1n) is 9.11. The van der Waals surface area contributed by atoms with E-state index in [-0.39, 0.29) is 0 Å². The number of hydrogen-bond acceptors (Lipinski definition) is 2. The van der Waals surface area contributed by atoms with Gasteiger partial charge in [-0.3, -0.25) is 0 Å². The van der Waals surface area contributed by atoms with E-state index in [1.165, 1.54) is 21.9 Å². The van der Waals surface area contributed by atoms with Gasteiger partial charge < -0.3 is 0 Å². The number of hydrogen-bond donors (Lipinski definition) is 0. The summed E-state index contributed by atoms with van der Waals surface area (Å²) in [6.45, 7) is 1.95. The van der Waals surface area contributed by atoms with Crippen LogP contribution in [0.5, 0.6) is 0 Å². The van der Waals surface area contributed by atoms with Gasteiger partial charge in [0.25, 0.3) is 0 Å². The first kappa shape index (κ1) is 15.7. The lowest BCUT2D eigenvalue weighted by molar-refractivity contribution is 1.10. The maximum Gasteiger partial charge on any atom is 0.126 e. The van der Waals surface area contributed by atoms with E-state index in [1.807, 2.05) is 25.1 Å². The van der Waals surface area contributed by atoms with E-state index in [0.717, 1.165) is 28.0 Å². The zero-order chi connectivity index (χ0) is 18.2. The molecule has 0 bridgehead atoms. The van der Waals surface area contributed by atoms with Crippen LogP contribution in [0.4, 0.5) is 0 Å². The largest absolute Gasteiger partial charge is 0.233 e. The number of nitrogens with zero attached hydrogens (tertiary/aromatic N) is 2. The van der Waals surface area contributed by atoms with Crippen molar-refractivity contribution in [3.8, 4) is 22.4 Å². The third-order valence-electron chi connectivity index (χ3n) is 4.94. The molecule has 1 heterocycles. The minimum Gasteiger partial charge on any atom is -0.233 e. The summed E-state index contributed by atoms with van der Waals surface area (Å²) in [5.41, 5.74) is 5.46. The minimum absolute atomic E-state index is 0.789. The second kappa shape index (κ2) is 6.33. The molecular formula is C25H18N2. The van der Waals surface area contributed by atoms with Gasteiger partial charge in [-0.15, -0.1) is 0 Å². The maximum absolute atomic E-state index is 4.70. The Morgan fingerprint density at radius 2 is 1.26 bits per heavy atom. The highest BCUT2D eigenvalue weighted by Gasteiger charge is 2.09. The Labute approximate surface area is 158 Å². The molecule has 2 nitrogen and oxygen atoms in total. The highest BCUT2D eigenvalue weighted by molar-refractivity contribution is 5.95. The van der Waals surface area contributed by atoms with Crippen LogP contribution in [0.2, 0.25) is 0 Å². The zero-order valence-corrected chi connectivity index (χ0v) is 15.1. The van der Waals surface area contributed by atoms with Crippen molar-refractivity contribution in [2.75, 3.05) is 0 Å². The van der Waals surface area contributed by atoms with E-state index >= 15 is 0 Å². The number of fused-ring (bicyclic) bond motifs is 2. The van der Waals surface area contributed by atoms with E-state index in [0.29, 0.717) is 0 Å². The van der Waals surface area contributed by atoms with E-state index in [9.17, 15) is 0 Å². The first-order valence-corrected chi connectivity index (χ1v) is 9.11. The lowest BCUT2D eigenvalue weighted by Gasteiger charge is -2.10. The van der Waals surface area contributed by atoms with Crippen molar-refractivity contribution < 1.29 is 0 Å². The molecule has 0 aliphatic carbocycles. The topological polar surface area (TPSA) is 25.8 Å². The predicted octanol–water partition coefficient (Wildman–Crippen LogP) is 6.43. The van der Waals surface area contributed by atoms with E-state index in [4.69, 9.17) is 9.97 Å². The molecule has 0 atom stereocenters. The van der Waals surface area contributed by atoms with Gasteiger partial charge in [-0.2, -0.15) is 0 Å². The molecule has 2 heteroatoms. The summed E-state index contributed by atoms with van der Waals surface area (Å²) >= 11 is 0. The van der Waals surface area contributed by atoms with Gasteiger partial charge >= 0.3 is 0 Å². The van der Waals surface area contributed by atoms with Gasteiger partial charge in [0.05, 0.1) is 11.2 Å². The van der Waals surface area contributed by atoms with Gasteiger partial charge in [0.1, 0.15) is 5.82 Å². The Kier molecular flexibility index (Phi) is 3.68. The number of aromatic nitrogens is 2. The molecule has 0 saturated heterocycles. The second-order valence-electron chi connectivity index (χ2n) is 6.78. The quantitative estimate of drug-likeness (QED) is 0.368. The van der Waals surface area contributed by atoms with Crippen LogP contribution in [0.3, 0.4) is 0 Å². The molecule has 1 aromatic heterocycles. The van der Waals surface area contributed by atoms with Gasteiger partial charge in [0.15, 0.2) is 0 Å². The van der Waals surface area contributed by atoms with E-state index < -0.39 is 0 Å². The number of aryl methyl sites for hydroxylation is 1. The van der Waals surface area contributed by atoms with Gasteiger partial charge in [-0.1, -0.05) is 72.8 Å². The fourth-order valence-corrected chi connectivity index (χ4v) is 3.61. The molecule has 0 aliphatic heterocycles. The zero-order valence-electron chi connectivity index (χ0n) is 15.1. The maximum atomic E-state index is 4.70. The summed E-state index contributed by atoms with van der Waals surface area (Å²) in [7, 11) is 0.